The summed E-state index contributed by atoms with van der Waals surface area (Å²) in [7, 11) is 0. The van der Waals surface area contributed by atoms with Crippen LogP contribution in [0.1, 0.15) is 90.4 Å². The number of unbranched alkanes of at least 4 members (excludes halogenated alkanes) is 3. The maximum Gasteiger partial charge on any atom is 0.0430 e. The number of piperidine rings is 1. The fourth-order valence-electron chi connectivity index (χ4n) is 5.28. The molecule has 1 aliphatic carbocycles. The number of allylic oxidation sites excluding steroid dienone is 1. The lowest BCUT2D eigenvalue weighted by atomic mass is 9.63. The first-order chi connectivity index (χ1) is 9.87. The molecule has 20 heavy (non-hydrogen) atoms. The first kappa shape index (κ1) is 14.5. The van der Waals surface area contributed by atoms with Crippen LogP contribution in [-0.4, -0.2) is 16.5 Å². The fraction of sp³-hybridized carbons (Fsp3) is 0.895. The average molecular weight is 275 g/mol. The van der Waals surface area contributed by atoms with Crippen LogP contribution in [0.2, 0.25) is 0 Å². The summed E-state index contributed by atoms with van der Waals surface area (Å²) < 4.78 is 0. The summed E-state index contributed by atoms with van der Waals surface area (Å²) in [5.41, 5.74) is 0.584. The monoisotopic (exact) mass is 275 g/mol. The molecule has 3 rings (SSSR count). The van der Waals surface area contributed by atoms with Gasteiger partial charge in [-0.3, -0.25) is 0 Å². The highest BCUT2D eigenvalue weighted by molar-refractivity contribution is 5.11. The normalized spacial score (nSPS) is 36.5. The van der Waals surface area contributed by atoms with Gasteiger partial charge in [-0.1, -0.05) is 51.5 Å². The van der Waals surface area contributed by atoms with E-state index < -0.39 is 0 Å². The van der Waals surface area contributed by atoms with Crippen molar-refractivity contribution in [3.63, 3.8) is 0 Å². The maximum absolute atomic E-state index is 2.87. The van der Waals surface area contributed by atoms with E-state index in [0.29, 0.717) is 5.54 Å². The predicted octanol–water partition coefficient (Wildman–Crippen LogP) is 5.66. The van der Waals surface area contributed by atoms with Gasteiger partial charge in [-0.25, -0.2) is 0 Å². The highest BCUT2D eigenvalue weighted by atomic mass is 15.2. The van der Waals surface area contributed by atoms with Gasteiger partial charge >= 0.3 is 0 Å². The van der Waals surface area contributed by atoms with Gasteiger partial charge in [0.15, 0.2) is 0 Å². The van der Waals surface area contributed by atoms with Crippen molar-refractivity contribution in [3.05, 3.63) is 12.3 Å². The van der Waals surface area contributed by atoms with Crippen molar-refractivity contribution < 1.29 is 0 Å². The van der Waals surface area contributed by atoms with Gasteiger partial charge in [-0.15, -0.1) is 0 Å². The van der Waals surface area contributed by atoms with Crippen molar-refractivity contribution in [2.24, 2.45) is 5.92 Å². The second-order valence-electron chi connectivity index (χ2n) is 7.46. The average Bonchev–Trinajstić information content (AvgIpc) is 2.50. The molecule has 0 amide bonds. The van der Waals surface area contributed by atoms with Crippen molar-refractivity contribution in [2.45, 2.75) is 102 Å². The van der Waals surface area contributed by atoms with Gasteiger partial charge in [0.1, 0.15) is 0 Å². The van der Waals surface area contributed by atoms with E-state index >= 15 is 0 Å². The van der Waals surface area contributed by atoms with E-state index in [2.05, 4.69) is 24.1 Å². The van der Waals surface area contributed by atoms with Gasteiger partial charge in [0.2, 0.25) is 0 Å². The molecule has 0 bridgehead atoms. The van der Waals surface area contributed by atoms with Gasteiger partial charge in [0, 0.05) is 11.6 Å². The van der Waals surface area contributed by atoms with Crippen LogP contribution in [0.4, 0.5) is 0 Å². The first-order valence-electron chi connectivity index (χ1n) is 9.32. The Morgan fingerprint density at radius 3 is 2.90 bits per heavy atom. The van der Waals surface area contributed by atoms with Crippen LogP contribution in [0.5, 0.6) is 0 Å². The first-order valence-corrected chi connectivity index (χ1v) is 9.32. The molecular formula is C19H33N. The Morgan fingerprint density at radius 1 is 1.05 bits per heavy atom. The van der Waals surface area contributed by atoms with Crippen LogP contribution >= 0.6 is 0 Å². The van der Waals surface area contributed by atoms with E-state index in [9.17, 15) is 0 Å². The molecule has 0 aromatic heterocycles. The largest absolute Gasteiger partial charge is 0.369 e. The van der Waals surface area contributed by atoms with Crippen LogP contribution in [0.25, 0.3) is 0 Å². The molecule has 1 spiro atoms. The van der Waals surface area contributed by atoms with Crippen LogP contribution < -0.4 is 0 Å². The Balaban J connectivity index is 1.67. The molecule has 0 aromatic carbocycles. The van der Waals surface area contributed by atoms with E-state index in [-0.39, 0.29) is 0 Å². The minimum Gasteiger partial charge on any atom is -0.369 e. The topological polar surface area (TPSA) is 3.24 Å². The fourth-order valence-corrected chi connectivity index (χ4v) is 5.28. The lowest BCUT2D eigenvalue weighted by Crippen LogP contribution is -2.60. The third-order valence-electron chi connectivity index (χ3n) is 6.33. The van der Waals surface area contributed by atoms with Gasteiger partial charge in [0.25, 0.3) is 0 Å². The molecule has 2 fully saturated rings. The van der Waals surface area contributed by atoms with Crippen LogP contribution in [-0.2, 0) is 0 Å². The zero-order valence-electron chi connectivity index (χ0n) is 13.4. The van der Waals surface area contributed by atoms with Gasteiger partial charge in [0.05, 0.1) is 0 Å². The number of nitrogens with zero attached hydrogens (tertiary/aromatic N) is 1. The summed E-state index contributed by atoms with van der Waals surface area (Å²) in [6.07, 6.45) is 23.8. The molecule has 1 saturated carbocycles. The molecule has 2 heterocycles. The Bertz CT molecular complexity index is 335. The van der Waals surface area contributed by atoms with Crippen molar-refractivity contribution >= 4 is 0 Å². The Hall–Kier alpha value is -0.460. The van der Waals surface area contributed by atoms with Gasteiger partial charge in [-0.05, 0) is 57.1 Å². The number of rotatable bonds is 5. The molecule has 3 aliphatic rings. The molecule has 0 unspecified atom stereocenters. The molecular weight excluding hydrogens is 242 g/mol. The van der Waals surface area contributed by atoms with Crippen LogP contribution in [0, 0.1) is 5.92 Å². The van der Waals surface area contributed by atoms with Crippen molar-refractivity contribution in [2.75, 3.05) is 0 Å². The minimum absolute atomic E-state index is 0.584. The van der Waals surface area contributed by atoms with E-state index in [1.165, 1.54) is 83.5 Å². The summed E-state index contributed by atoms with van der Waals surface area (Å²) in [6.45, 7) is 2.32. The quantitative estimate of drug-likeness (QED) is 0.585. The van der Waals surface area contributed by atoms with Gasteiger partial charge in [-0.2, -0.15) is 0 Å². The van der Waals surface area contributed by atoms with E-state index in [0.717, 1.165) is 12.0 Å². The third kappa shape index (κ3) is 2.65. The summed E-state index contributed by atoms with van der Waals surface area (Å²) in [5.74, 6) is 1.01. The summed E-state index contributed by atoms with van der Waals surface area (Å²) in [6, 6.07) is 0.859. The highest BCUT2D eigenvalue weighted by Crippen LogP contribution is 2.50. The summed E-state index contributed by atoms with van der Waals surface area (Å²) in [5, 5.41) is 0. The Kier molecular flexibility index (Phi) is 4.73. The lowest BCUT2D eigenvalue weighted by molar-refractivity contribution is -0.0497. The predicted molar refractivity (Wildman–Crippen MR) is 86.7 cm³/mol. The standard InChI is InChI=1S/C19H33N/c1-2-3-4-5-11-18-13-12-17-10-6-7-14-19(17)15-8-9-16-20(18)19/h9,16-18H,2-8,10-15H2,1H3/t17-,18-,19-/m0/s1. The maximum atomic E-state index is 2.87. The van der Waals surface area contributed by atoms with E-state index in [1.54, 1.807) is 0 Å². The number of hydrogen-bond donors (Lipinski definition) is 0. The molecule has 0 aromatic rings. The second kappa shape index (κ2) is 6.54. The minimum atomic E-state index is 0.584. The van der Waals surface area contributed by atoms with Crippen molar-refractivity contribution in [1.29, 1.82) is 0 Å². The van der Waals surface area contributed by atoms with Crippen molar-refractivity contribution in [3.8, 4) is 0 Å². The number of hydrogen-bond acceptors (Lipinski definition) is 1. The Morgan fingerprint density at radius 2 is 2.00 bits per heavy atom. The molecule has 3 atom stereocenters. The molecule has 0 radical (unpaired) electrons. The zero-order chi connectivity index (χ0) is 13.8. The molecule has 1 nitrogen and oxygen atoms in total. The van der Waals surface area contributed by atoms with E-state index in [1.807, 2.05) is 0 Å². The summed E-state index contributed by atoms with van der Waals surface area (Å²) >= 11 is 0. The molecule has 1 saturated heterocycles. The SMILES string of the molecule is CCCCCC[C@H]1CC[C@@H]2CCCC[C@]23CCC=CN13. The van der Waals surface area contributed by atoms with Crippen LogP contribution in [0.3, 0.4) is 0 Å². The van der Waals surface area contributed by atoms with Crippen LogP contribution in [0.15, 0.2) is 12.3 Å². The molecule has 2 aliphatic heterocycles. The molecule has 114 valence electrons. The molecule has 0 N–H and O–H groups in total. The van der Waals surface area contributed by atoms with Gasteiger partial charge < -0.3 is 4.90 Å². The smallest absolute Gasteiger partial charge is 0.0430 e. The Labute approximate surface area is 125 Å². The highest BCUT2D eigenvalue weighted by Gasteiger charge is 2.49. The second-order valence-corrected chi connectivity index (χ2v) is 7.46. The summed E-state index contributed by atoms with van der Waals surface area (Å²) in [4.78, 5) is 2.87. The third-order valence-corrected chi connectivity index (χ3v) is 6.33. The van der Waals surface area contributed by atoms with E-state index in [4.69, 9.17) is 0 Å². The zero-order valence-corrected chi connectivity index (χ0v) is 13.4. The molecule has 1 heteroatoms. The lowest BCUT2D eigenvalue weighted by Gasteiger charge is -2.59. The van der Waals surface area contributed by atoms with Crippen molar-refractivity contribution in [1.82, 2.24) is 4.90 Å².